The summed E-state index contributed by atoms with van der Waals surface area (Å²) >= 11 is 1.11. The molecule has 29 heavy (non-hydrogen) atoms. The van der Waals surface area contributed by atoms with Crippen LogP contribution in [0.25, 0.3) is 16.6 Å². The van der Waals surface area contributed by atoms with Crippen LogP contribution in [0.1, 0.15) is 19.4 Å². The van der Waals surface area contributed by atoms with Crippen molar-refractivity contribution in [3.8, 4) is 11.8 Å². The van der Waals surface area contributed by atoms with Crippen LogP contribution in [0.3, 0.4) is 0 Å². The number of nitrogens with zero attached hydrogens (tertiary/aromatic N) is 3. The molecule has 0 unspecified atom stereocenters. The van der Waals surface area contributed by atoms with Gasteiger partial charge in [-0.1, -0.05) is 49.0 Å². The van der Waals surface area contributed by atoms with Crippen molar-refractivity contribution < 1.29 is 4.79 Å². The SMILES string of the molecule is CCc1ccccc1-n1c(SCC(=O)[C@@H](C#N)C(C)=N)nc2ccccc2c1=O. The predicted molar refractivity (Wildman–Crippen MR) is 115 cm³/mol. The third-order valence-corrected chi connectivity index (χ3v) is 5.55. The van der Waals surface area contributed by atoms with Crippen molar-refractivity contribution in [3.05, 3.63) is 64.4 Å². The third kappa shape index (κ3) is 4.13. The number of aromatic nitrogens is 2. The molecule has 3 rings (SSSR count). The van der Waals surface area contributed by atoms with Gasteiger partial charge in [-0.05, 0) is 37.1 Å². The maximum absolute atomic E-state index is 13.3. The Morgan fingerprint density at radius 1 is 1.24 bits per heavy atom. The number of carbonyl (C=O) groups excluding carboxylic acids is 1. The van der Waals surface area contributed by atoms with Crippen LogP contribution in [-0.4, -0.2) is 26.8 Å². The first-order valence-corrected chi connectivity index (χ1v) is 10.2. The van der Waals surface area contributed by atoms with E-state index in [1.54, 1.807) is 18.2 Å². The minimum absolute atomic E-state index is 0.0123. The average Bonchev–Trinajstić information content (AvgIpc) is 2.72. The molecular formula is C22H20N4O2S. The number of hydrogen-bond donors (Lipinski definition) is 1. The number of rotatable bonds is 7. The van der Waals surface area contributed by atoms with Crippen LogP contribution in [0.5, 0.6) is 0 Å². The van der Waals surface area contributed by atoms with E-state index in [2.05, 4.69) is 4.98 Å². The lowest BCUT2D eigenvalue weighted by atomic mass is 10.0. The largest absolute Gasteiger partial charge is 0.308 e. The summed E-state index contributed by atoms with van der Waals surface area (Å²) < 4.78 is 1.54. The van der Waals surface area contributed by atoms with E-state index >= 15 is 0 Å². The Labute approximate surface area is 172 Å². The van der Waals surface area contributed by atoms with E-state index in [-0.39, 0.29) is 22.8 Å². The zero-order chi connectivity index (χ0) is 21.0. The molecule has 1 atom stereocenters. The van der Waals surface area contributed by atoms with Crippen molar-refractivity contribution in [1.82, 2.24) is 9.55 Å². The van der Waals surface area contributed by atoms with Crippen LogP contribution >= 0.6 is 11.8 Å². The highest BCUT2D eigenvalue weighted by Gasteiger charge is 2.22. The molecule has 3 aromatic rings. The molecule has 6 nitrogen and oxygen atoms in total. The van der Waals surface area contributed by atoms with Gasteiger partial charge in [0.05, 0.1) is 28.4 Å². The van der Waals surface area contributed by atoms with E-state index in [0.29, 0.717) is 16.1 Å². The maximum Gasteiger partial charge on any atom is 0.266 e. The second-order valence-electron chi connectivity index (χ2n) is 6.53. The fraction of sp³-hybridized carbons (Fsp3) is 0.227. The summed E-state index contributed by atoms with van der Waals surface area (Å²) in [5, 5.41) is 17.7. The van der Waals surface area contributed by atoms with Gasteiger partial charge in [-0.3, -0.25) is 14.2 Å². The Balaban J connectivity index is 2.13. The predicted octanol–water partition coefficient (Wildman–Crippen LogP) is 3.79. The van der Waals surface area contributed by atoms with Gasteiger partial charge in [0, 0.05) is 5.71 Å². The summed E-state index contributed by atoms with van der Waals surface area (Å²) in [7, 11) is 0. The molecule has 0 saturated heterocycles. The molecule has 0 aliphatic carbocycles. The molecular weight excluding hydrogens is 384 g/mol. The van der Waals surface area contributed by atoms with Crippen molar-refractivity contribution in [1.29, 1.82) is 10.7 Å². The molecule has 2 aromatic carbocycles. The number of hydrogen-bond acceptors (Lipinski definition) is 6. The molecule has 1 heterocycles. The first-order chi connectivity index (χ1) is 14.0. The second kappa shape index (κ2) is 8.84. The third-order valence-electron chi connectivity index (χ3n) is 4.59. The van der Waals surface area contributed by atoms with Crippen LogP contribution < -0.4 is 5.56 Å². The van der Waals surface area contributed by atoms with Gasteiger partial charge >= 0.3 is 0 Å². The van der Waals surface area contributed by atoms with Crippen LogP contribution in [-0.2, 0) is 11.2 Å². The van der Waals surface area contributed by atoms with E-state index in [0.717, 1.165) is 29.4 Å². The molecule has 1 N–H and O–H groups in total. The molecule has 0 radical (unpaired) electrons. The van der Waals surface area contributed by atoms with Crippen molar-refractivity contribution in [2.75, 3.05) is 5.75 Å². The smallest absolute Gasteiger partial charge is 0.266 e. The minimum Gasteiger partial charge on any atom is -0.308 e. The summed E-state index contributed by atoms with van der Waals surface area (Å²) in [6.07, 6.45) is 0.738. The van der Waals surface area contributed by atoms with E-state index in [1.807, 2.05) is 43.3 Å². The Kier molecular flexibility index (Phi) is 6.25. The Bertz CT molecular complexity index is 1190. The number of carbonyl (C=O) groups is 1. The summed E-state index contributed by atoms with van der Waals surface area (Å²) in [6, 6.07) is 16.6. The lowest BCUT2D eigenvalue weighted by Crippen LogP contribution is -2.25. The number of nitrogens with one attached hydrogen (secondary N) is 1. The van der Waals surface area contributed by atoms with Gasteiger partial charge in [-0.15, -0.1) is 0 Å². The summed E-state index contributed by atoms with van der Waals surface area (Å²) in [5.41, 5.74) is 2.08. The number of aryl methyl sites for hydroxylation is 1. The van der Waals surface area contributed by atoms with Crippen molar-refractivity contribution in [3.63, 3.8) is 0 Å². The zero-order valence-electron chi connectivity index (χ0n) is 16.2. The maximum atomic E-state index is 13.3. The van der Waals surface area contributed by atoms with Gasteiger partial charge in [-0.2, -0.15) is 5.26 Å². The number of Topliss-reactive ketones (excluding diaryl/α,β-unsaturated/α-hetero) is 1. The highest BCUT2D eigenvalue weighted by atomic mass is 32.2. The molecule has 0 amide bonds. The number of nitriles is 1. The molecule has 146 valence electrons. The highest BCUT2D eigenvalue weighted by molar-refractivity contribution is 7.99. The lowest BCUT2D eigenvalue weighted by Gasteiger charge is -2.16. The zero-order valence-corrected chi connectivity index (χ0v) is 17.0. The van der Waals surface area contributed by atoms with Crippen molar-refractivity contribution in [2.45, 2.75) is 25.4 Å². The highest BCUT2D eigenvalue weighted by Crippen LogP contribution is 2.24. The molecule has 0 bridgehead atoms. The topological polar surface area (TPSA) is 99.6 Å². The summed E-state index contributed by atoms with van der Waals surface area (Å²) in [6.45, 7) is 3.46. The lowest BCUT2D eigenvalue weighted by molar-refractivity contribution is -0.117. The Morgan fingerprint density at radius 3 is 2.62 bits per heavy atom. The molecule has 0 saturated carbocycles. The van der Waals surface area contributed by atoms with Crippen LogP contribution in [0.15, 0.2) is 58.5 Å². The second-order valence-corrected chi connectivity index (χ2v) is 7.48. The summed E-state index contributed by atoms with van der Waals surface area (Å²) in [5.74, 6) is -1.50. The normalized spacial score (nSPS) is 11.8. The van der Waals surface area contributed by atoms with E-state index in [4.69, 9.17) is 10.7 Å². The Morgan fingerprint density at radius 2 is 1.93 bits per heavy atom. The molecule has 0 fully saturated rings. The van der Waals surface area contributed by atoms with E-state index in [1.165, 1.54) is 11.5 Å². The first kappa shape index (κ1) is 20.5. The number of thioether (sulfide) groups is 1. The molecule has 0 aliphatic rings. The van der Waals surface area contributed by atoms with Gasteiger partial charge in [0.25, 0.3) is 5.56 Å². The molecule has 0 aliphatic heterocycles. The first-order valence-electron chi connectivity index (χ1n) is 9.18. The number of benzene rings is 2. The van der Waals surface area contributed by atoms with Crippen LogP contribution in [0.2, 0.25) is 0 Å². The standard InChI is InChI=1S/C22H20N4O2S/c1-3-15-8-4-7-11-19(15)26-21(28)16-9-5-6-10-18(16)25-22(26)29-13-20(27)17(12-23)14(2)24/h4-11,17,24H,3,13H2,1-2H3/t17-/m0/s1. The molecule has 7 heteroatoms. The van der Waals surface area contributed by atoms with Gasteiger partial charge in [0.1, 0.15) is 5.92 Å². The summed E-state index contributed by atoms with van der Waals surface area (Å²) in [4.78, 5) is 30.3. The van der Waals surface area contributed by atoms with Gasteiger partial charge in [0.15, 0.2) is 10.9 Å². The van der Waals surface area contributed by atoms with Gasteiger partial charge < -0.3 is 5.41 Å². The quantitative estimate of drug-likeness (QED) is 0.367. The average molecular weight is 404 g/mol. The van der Waals surface area contributed by atoms with Crippen molar-refractivity contribution >= 4 is 34.2 Å². The fourth-order valence-corrected chi connectivity index (χ4v) is 3.99. The van der Waals surface area contributed by atoms with Crippen LogP contribution in [0, 0.1) is 22.7 Å². The van der Waals surface area contributed by atoms with E-state index in [9.17, 15) is 9.59 Å². The molecule has 0 spiro atoms. The number of fused-ring (bicyclic) bond motifs is 1. The molecule has 1 aromatic heterocycles. The van der Waals surface area contributed by atoms with Crippen LogP contribution in [0.4, 0.5) is 0 Å². The fourth-order valence-electron chi connectivity index (χ4n) is 3.08. The number of ketones is 1. The monoisotopic (exact) mass is 404 g/mol. The number of para-hydroxylation sites is 2. The van der Waals surface area contributed by atoms with Crippen molar-refractivity contribution in [2.24, 2.45) is 5.92 Å². The minimum atomic E-state index is -1.08. The van der Waals surface area contributed by atoms with E-state index < -0.39 is 5.92 Å². The van der Waals surface area contributed by atoms with Gasteiger partial charge in [0.2, 0.25) is 0 Å². The Hall–Kier alpha value is -3.24. The van der Waals surface area contributed by atoms with Gasteiger partial charge in [-0.25, -0.2) is 4.98 Å².